The number of para-hydroxylation sites is 2. The van der Waals surface area contributed by atoms with Crippen molar-refractivity contribution in [3.8, 4) is 11.6 Å². The summed E-state index contributed by atoms with van der Waals surface area (Å²) in [5, 5.41) is 12.0. The number of hydrogen-bond donors (Lipinski definition) is 1. The fraction of sp³-hybridized carbons (Fsp3) is 0.0556. The van der Waals surface area contributed by atoms with Crippen LogP contribution < -0.4 is 10.7 Å². The van der Waals surface area contributed by atoms with Crippen molar-refractivity contribution < 1.29 is 18.3 Å². The Labute approximate surface area is 159 Å². The van der Waals surface area contributed by atoms with E-state index in [0.717, 1.165) is 23.5 Å². The highest BCUT2D eigenvalue weighted by atomic mass is 32.1. The van der Waals surface area contributed by atoms with E-state index in [9.17, 15) is 18.3 Å². The first-order valence-corrected chi connectivity index (χ1v) is 8.92. The molecule has 0 atom stereocenters. The lowest BCUT2D eigenvalue weighted by atomic mass is 10.2. The summed E-state index contributed by atoms with van der Waals surface area (Å²) < 4.78 is 40.3. The second kappa shape index (κ2) is 6.43. The molecule has 0 bridgehead atoms. The minimum Gasteiger partial charge on any atom is -0.493 e. The average Bonchev–Trinajstić information content (AvgIpc) is 3.14. The third kappa shape index (κ3) is 3.31. The largest absolute Gasteiger partial charge is 0.493 e. The molecule has 4 rings (SSSR count). The van der Waals surface area contributed by atoms with Crippen molar-refractivity contribution in [3.05, 3.63) is 79.5 Å². The highest BCUT2D eigenvalue weighted by molar-refractivity contribution is 7.73. The number of rotatable bonds is 2. The molecule has 1 N–H and O–H groups in total. The number of halogens is 3. The molecule has 3 aromatic rings. The van der Waals surface area contributed by atoms with Gasteiger partial charge in [0, 0.05) is 6.08 Å². The molecule has 0 amide bonds. The summed E-state index contributed by atoms with van der Waals surface area (Å²) in [6, 6.07) is 11.9. The zero-order valence-corrected chi connectivity index (χ0v) is 15.1. The molecule has 0 radical (unpaired) electrons. The molecular formula is C18H10F3N3OS2. The fourth-order valence-corrected chi connectivity index (χ4v) is 3.91. The maximum atomic E-state index is 13.0. The summed E-state index contributed by atoms with van der Waals surface area (Å²) >= 11 is 6.30. The van der Waals surface area contributed by atoms with Gasteiger partial charge in [0.25, 0.3) is 0 Å². The number of fused-ring (bicyclic) bond motifs is 1. The van der Waals surface area contributed by atoms with Gasteiger partial charge < -0.3 is 5.11 Å². The van der Waals surface area contributed by atoms with Crippen molar-refractivity contribution in [3.63, 3.8) is 0 Å². The number of nitrogens with zero attached hydrogens (tertiary/aromatic N) is 3. The standard InChI is InChI=1S/C18H10F3N3OS2/c19-18(20,21)10-4-3-5-11(8-10)24-16(25)14(27-17(24)26)9-15-22-12-6-1-2-7-13(12)23-15/h1-9,25H. The quantitative estimate of drug-likeness (QED) is 0.649. The highest BCUT2D eigenvalue weighted by Crippen LogP contribution is 2.35. The molecule has 0 saturated carbocycles. The molecule has 0 fully saturated rings. The lowest BCUT2D eigenvalue weighted by Crippen LogP contribution is -2.19. The van der Waals surface area contributed by atoms with Gasteiger partial charge in [-0.15, -0.1) is 11.3 Å². The Hall–Kier alpha value is -2.78. The predicted octanol–water partition coefficient (Wildman–Crippen LogP) is 4.24. The molecule has 2 heterocycles. The van der Waals surface area contributed by atoms with Gasteiger partial charge in [0.15, 0.2) is 9.78 Å². The summed E-state index contributed by atoms with van der Waals surface area (Å²) in [5.74, 6) is 0.136. The number of hydrogen-bond acceptors (Lipinski definition) is 5. The summed E-state index contributed by atoms with van der Waals surface area (Å²) in [6.07, 6.45) is -2.93. The second-order valence-corrected chi connectivity index (χ2v) is 7.33. The molecule has 1 aliphatic rings. The summed E-state index contributed by atoms with van der Waals surface area (Å²) in [6.45, 7) is 0. The zero-order valence-electron chi connectivity index (χ0n) is 13.4. The molecule has 1 aliphatic heterocycles. The molecule has 0 spiro atoms. The van der Waals surface area contributed by atoms with Gasteiger partial charge in [-0.1, -0.05) is 18.2 Å². The van der Waals surface area contributed by atoms with Gasteiger partial charge in [0.05, 0.1) is 26.8 Å². The maximum absolute atomic E-state index is 13.0. The van der Waals surface area contributed by atoms with Crippen LogP contribution >= 0.6 is 23.6 Å². The molecule has 0 saturated heterocycles. The molecule has 1 aromatic heterocycles. The Balaban J connectivity index is 1.79. The smallest absolute Gasteiger partial charge is 0.416 e. The molecule has 4 nitrogen and oxygen atoms in total. The Morgan fingerprint density at radius 1 is 1.04 bits per heavy atom. The normalized spacial score (nSPS) is 13.1. The van der Waals surface area contributed by atoms with Crippen molar-refractivity contribution >= 4 is 29.6 Å². The van der Waals surface area contributed by atoms with Crippen LogP contribution in [-0.4, -0.2) is 9.67 Å². The van der Waals surface area contributed by atoms with E-state index in [2.05, 4.69) is 9.98 Å². The van der Waals surface area contributed by atoms with E-state index in [0.29, 0.717) is 21.4 Å². The Morgan fingerprint density at radius 3 is 2.33 bits per heavy atom. The van der Waals surface area contributed by atoms with Crippen LogP contribution in [0.3, 0.4) is 0 Å². The van der Waals surface area contributed by atoms with E-state index in [1.165, 1.54) is 16.7 Å². The van der Waals surface area contributed by atoms with Crippen LogP contribution in [0.1, 0.15) is 10.4 Å². The van der Waals surface area contributed by atoms with Crippen molar-refractivity contribution in [2.75, 3.05) is 0 Å². The van der Waals surface area contributed by atoms with Crippen molar-refractivity contribution in [1.29, 1.82) is 0 Å². The monoisotopic (exact) mass is 405 g/mol. The van der Waals surface area contributed by atoms with Gasteiger partial charge in [-0.25, -0.2) is 9.98 Å². The van der Waals surface area contributed by atoms with Crippen LogP contribution in [-0.2, 0) is 6.18 Å². The van der Waals surface area contributed by atoms with Gasteiger partial charge in [-0.05, 0) is 42.5 Å². The first-order valence-electron chi connectivity index (χ1n) is 7.69. The molecule has 0 unspecified atom stereocenters. The summed E-state index contributed by atoms with van der Waals surface area (Å²) in [7, 11) is 0. The van der Waals surface area contributed by atoms with Crippen LogP contribution in [0.4, 0.5) is 13.2 Å². The Morgan fingerprint density at radius 2 is 1.70 bits per heavy atom. The number of benzene rings is 2. The average molecular weight is 405 g/mol. The summed E-state index contributed by atoms with van der Waals surface area (Å²) in [5.41, 5.74) is -0.680. The van der Waals surface area contributed by atoms with Crippen LogP contribution in [0, 0.1) is 3.95 Å². The van der Waals surface area contributed by atoms with Crippen LogP contribution in [0.5, 0.6) is 5.88 Å². The molecule has 27 heavy (non-hydrogen) atoms. The SMILES string of the molecule is Oc1c(C=C2N=c3ccccc3=N2)sc(=S)n1-c1cccc(C(F)(F)F)c1. The van der Waals surface area contributed by atoms with Gasteiger partial charge in [-0.2, -0.15) is 13.2 Å². The molecular weight excluding hydrogens is 395 g/mol. The topological polar surface area (TPSA) is 49.9 Å². The van der Waals surface area contributed by atoms with Crippen LogP contribution in [0.25, 0.3) is 11.8 Å². The maximum Gasteiger partial charge on any atom is 0.416 e. The Bertz CT molecular complexity index is 1220. The van der Waals surface area contributed by atoms with Crippen LogP contribution in [0.2, 0.25) is 0 Å². The van der Waals surface area contributed by atoms with E-state index < -0.39 is 11.7 Å². The zero-order chi connectivity index (χ0) is 19.2. The Kier molecular flexibility index (Phi) is 4.20. The number of aromatic hydroxyl groups is 1. The van der Waals surface area contributed by atoms with E-state index in [-0.39, 0.29) is 15.5 Å². The van der Waals surface area contributed by atoms with Gasteiger partial charge in [-0.3, -0.25) is 4.57 Å². The molecule has 0 aliphatic carbocycles. The van der Waals surface area contributed by atoms with E-state index in [1.54, 1.807) is 6.08 Å². The fourth-order valence-electron chi connectivity index (χ4n) is 2.63. The van der Waals surface area contributed by atoms with Crippen LogP contribution in [0.15, 0.2) is 64.3 Å². The molecule has 9 heteroatoms. The minimum atomic E-state index is -4.48. The first-order chi connectivity index (χ1) is 12.8. The van der Waals surface area contributed by atoms with E-state index in [4.69, 9.17) is 12.2 Å². The van der Waals surface area contributed by atoms with Crippen molar-refractivity contribution in [2.45, 2.75) is 6.18 Å². The molecule has 2 aromatic carbocycles. The second-order valence-electron chi connectivity index (χ2n) is 5.65. The minimum absolute atomic E-state index is 0.136. The highest BCUT2D eigenvalue weighted by Gasteiger charge is 2.30. The predicted molar refractivity (Wildman–Crippen MR) is 97.9 cm³/mol. The number of thiazole rings is 1. The van der Waals surface area contributed by atoms with Gasteiger partial charge in [0.2, 0.25) is 5.88 Å². The molecule has 136 valence electrons. The van der Waals surface area contributed by atoms with Crippen molar-refractivity contribution in [1.82, 2.24) is 4.57 Å². The third-order valence-corrected chi connectivity index (χ3v) is 5.17. The third-order valence-electron chi connectivity index (χ3n) is 3.86. The summed E-state index contributed by atoms with van der Waals surface area (Å²) in [4.78, 5) is 9.06. The van der Waals surface area contributed by atoms with E-state index >= 15 is 0 Å². The number of alkyl halides is 3. The number of aromatic nitrogens is 1. The van der Waals surface area contributed by atoms with Crippen molar-refractivity contribution in [2.24, 2.45) is 9.98 Å². The lowest BCUT2D eigenvalue weighted by molar-refractivity contribution is -0.137. The van der Waals surface area contributed by atoms with Gasteiger partial charge in [0.1, 0.15) is 0 Å². The van der Waals surface area contributed by atoms with E-state index in [1.807, 2.05) is 24.3 Å². The van der Waals surface area contributed by atoms with Gasteiger partial charge >= 0.3 is 6.18 Å². The first kappa shape index (κ1) is 17.6. The lowest BCUT2D eigenvalue weighted by Gasteiger charge is -2.10.